The summed E-state index contributed by atoms with van der Waals surface area (Å²) in [5.41, 5.74) is 8.01. The zero-order valence-electron chi connectivity index (χ0n) is 25.7. The molecule has 0 aliphatic rings. The fourth-order valence-corrected chi connectivity index (χ4v) is 7.28. The van der Waals surface area contributed by atoms with E-state index in [-0.39, 0.29) is 0 Å². The van der Waals surface area contributed by atoms with Crippen molar-refractivity contribution in [2.75, 3.05) is 0 Å². The summed E-state index contributed by atoms with van der Waals surface area (Å²) in [6.07, 6.45) is 9.22. The number of benzene rings is 5. The third kappa shape index (κ3) is 3.68. The lowest BCUT2D eigenvalue weighted by Crippen LogP contribution is -2.05. The Kier molecular flexibility index (Phi) is 5.75. The fraction of sp³-hybridized carbons (Fsp3) is 0.0233. The Morgan fingerprint density at radius 1 is 0.729 bits per heavy atom. The SMILES string of the molecule is C#C/C=C\c1c(C)c2c3ccccc3ccc2n1-c1cc(C#N)c(-n2c3c#cccc3c3cc4oc5ccccc5c4cc32)cc1C#N. The van der Waals surface area contributed by atoms with Gasteiger partial charge < -0.3 is 13.6 Å². The number of aromatic nitrogens is 2. The molecule has 9 aromatic rings. The summed E-state index contributed by atoms with van der Waals surface area (Å²) in [6, 6.07) is 43.2. The van der Waals surface area contributed by atoms with Gasteiger partial charge in [0, 0.05) is 26.9 Å². The van der Waals surface area contributed by atoms with Crippen LogP contribution in [0.25, 0.3) is 82.9 Å². The lowest BCUT2D eigenvalue weighted by Gasteiger charge is -2.16. The second kappa shape index (κ2) is 10.2. The van der Waals surface area contributed by atoms with Gasteiger partial charge in [-0.1, -0.05) is 60.5 Å². The summed E-state index contributed by atoms with van der Waals surface area (Å²) in [4.78, 5) is 0. The Morgan fingerprint density at radius 3 is 2.27 bits per heavy atom. The first-order valence-corrected chi connectivity index (χ1v) is 15.4. The molecule has 0 unspecified atom stereocenters. The Bertz CT molecular complexity index is 3000. The van der Waals surface area contributed by atoms with Crippen molar-refractivity contribution in [2.24, 2.45) is 0 Å². The van der Waals surface area contributed by atoms with Crippen LogP contribution in [-0.4, -0.2) is 9.13 Å². The summed E-state index contributed by atoms with van der Waals surface area (Å²) in [6.45, 7) is 2.07. The predicted octanol–water partition coefficient (Wildman–Crippen LogP) is 10.1. The van der Waals surface area contributed by atoms with Crippen molar-refractivity contribution >= 4 is 71.5 Å². The molecule has 0 N–H and O–H groups in total. The Labute approximate surface area is 275 Å². The number of terminal acetylenes is 1. The third-order valence-corrected chi connectivity index (χ3v) is 9.35. The third-order valence-electron chi connectivity index (χ3n) is 9.35. The van der Waals surface area contributed by atoms with E-state index < -0.39 is 0 Å². The van der Waals surface area contributed by atoms with E-state index in [1.54, 1.807) is 6.08 Å². The first-order chi connectivity index (χ1) is 23.6. The van der Waals surface area contributed by atoms with Crippen LogP contribution in [0.15, 0.2) is 108 Å². The number of hydrogen-bond acceptors (Lipinski definition) is 3. The fourth-order valence-electron chi connectivity index (χ4n) is 7.28. The van der Waals surface area contributed by atoms with Crippen molar-refractivity contribution in [3.8, 4) is 35.9 Å². The van der Waals surface area contributed by atoms with Crippen LogP contribution in [0.1, 0.15) is 22.4 Å². The van der Waals surface area contributed by atoms with Gasteiger partial charge >= 0.3 is 0 Å². The van der Waals surface area contributed by atoms with Crippen molar-refractivity contribution in [1.29, 1.82) is 10.5 Å². The van der Waals surface area contributed by atoms with Gasteiger partial charge in [0.05, 0.1) is 39.2 Å². The number of fused-ring (bicyclic) bond motifs is 9. The van der Waals surface area contributed by atoms with Gasteiger partial charge in [0.25, 0.3) is 0 Å². The molecule has 0 saturated heterocycles. The highest BCUT2D eigenvalue weighted by molar-refractivity contribution is 6.17. The van der Waals surface area contributed by atoms with Crippen molar-refractivity contribution < 1.29 is 4.42 Å². The molecular weight excluding hydrogens is 589 g/mol. The van der Waals surface area contributed by atoms with Gasteiger partial charge in [-0.25, -0.2) is 0 Å². The Balaban J connectivity index is 1.38. The molecule has 0 atom stereocenters. The van der Waals surface area contributed by atoms with E-state index in [9.17, 15) is 10.5 Å². The van der Waals surface area contributed by atoms with Gasteiger partial charge in [-0.15, -0.1) is 6.42 Å². The second-order valence-corrected chi connectivity index (χ2v) is 11.8. The number of hydrogen-bond donors (Lipinski definition) is 0. The first-order valence-electron chi connectivity index (χ1n) is 15.4. The molecule has 0 fully saturated rings. The van der Waals surface area contributed by atoms with Crippen molar-refractivity contribution in [1.82, 2.24) is 9.13 Å². The summed E-state index contributed by atoms with van der Waals surface area (Å²) < 4.78 is 10.3. The molecule has 0 radical (unpaired) electrons. The molecule has 220 valence electrons. The number of furan rings is 1. The topological polar surface area (TPSA) is 70.6 Å². The molecule has 5 heteroatoms. The molecule has 3 aromatic heterocycles. The van der Waals surface area contributed by atoms with Crippen LogP contribution >= 0.6 is 0 Å². The normalized spacial score (nSPS) is 11.5. The molecule has 9 rings (SSSR count). The highest BCUT2D eigenvalue weighted by Gasteiger charge is 2.23. The van der Waals surface area contributed by atoms with E-state index in [0.717, 1.165) is 76.7 Å². The van der Waals surface area contributed by atoms with Gasteiger partial charge in [-0.2, -0.15) is 10.5 Å². The van der Waals surface area contributed by atoms with Gasteiger partial charge in [0.15, 0.2) is 0 Å². The van der Waals surface area contributed by atoms with Gasteiger partial charge in [0.1, 0.15) is 28.8 Å². The molecule has 0 bridgehead atoms. The van der Waals surface area contributed by atoms with Gasteiger partial charge in [-0.3, -0.25) is 0 Å². The molecule has 5 nitrogen and oxygen atoms in total. The Morgan fingerprint density at radius 2 is 1.48 bits per heavy atom. The molecule has 0 spiro atoms. The van der Waals surface area contributed by atoms with Crippen molar-refractivity contribution in [3.63, 3.8) is 0 Å². The van der Waals surface area contributed by atoms with Crippen LogP contribution in [0, 0.1) is 54.1 Å². The molecule has 0 aliphatic carbocycles. The van der Waals surface area contributed by atoms with Crippen LogP contribution in [0.3, 0.4) is 0 Å². The molecule has 0 amide bonds. The van der Waals surface area contributed by atoms with Crippen molar-refractivity contribution in [2.45, 2.75) is 6.92 Å². The number of nitriles is 2. The molecule has 48 heavy (non-hydrogen) atoms. The largest absolute Gasteiger partial charge is 0.456 e. The lowest BCUT2D eigenvalue weighted by atomic mass is 10.0. The summed E-state index contributed by atoms with van der Waals surface area (Å²) in [5.74, 6) is 2.61. The van der Waals surface area contributed by atoms with Crippen LogP contribution in [-0.2, 0) is 0 Å². The second-order valence-electron chi connectivity index (χ2n) is 11.8. The van der Waals surface area contributed by atoms with Crippen molar-refractivity contribution in [3.05, 3.63) is 138 Å². The minimum atomic E-state index is 0.407. The zero-order valence-corrected chi connectivity index (χ0v) is 25.7. The van der Waals surface area contributed by atoms with E-state index in [1.807, 2.05) is 81.9 Å². The standard InChI is InChI=1S/C43H22N4O/c1-3-4-15-35-26(2)43-30-12-6-5-11-27(30)18-19-37(43)46(35)38-20-29(25-45)39(21-28(38)24-44)47-36-16-9-7-13-31(36)33-23-42-34(22-40(33)47)32-14-8-10-17-41(32)48-42/h1,4-8,10-15,17-23H,2H3/b15-4-. The lowest BCUT2D eigenvalue weighted by molar-refractivity contribution is 0.669. The smallest absolute Gasteiger partial charge is 0.136 e. The van der Waals surface area contributed by atoms with E-state index >= 15 is 0 Å². The molecule has 3 heterocycles. The number of aryl methyl sites for hydroxylation is 1. The first kappa shape index (κ1) is 27.2. The number of nitrogens with zero attached hydrogens (tertiary/aromatic N) is 4. The summed E-state index contributed by atoms with van der Waals surface area (Å²) in [5, 5.41) is 28.6. The van der Waals surface area contributed by atoms with Crippen LogP contribution in [0.2, 0.25) is 0 Å². The van der Waals surface area contributed by atoms with E-state index in [2.05, 4.69) is 67.4 Å². The highest BCUT2D eigenvalue weighted by Crippen LogP contribution is 2.40. The number of allylic oxidation sites excluding steroid dienone is 1. The van der Waals surface area contributed by atoms with E-state index in [1.165, 1.54) is 0 Å². The maximum absolute atomic E-state index is 10.7. The highest BCUT2D eigenvalue weighted by atomic mass is 16.3. The predicted molar refractivity (Wildman–Crippen MR) is 192 cm³/mol. The van der Waals surface area contributed by atoms with E-state index in [0.29, 0.717) is 22.5 Å². The molecular formula is C43H22N4O. The monoisotopic (exact) mass is 610 g/mol. The Hall–Kier alpha value is -7.18. The minimum absolute atomic E-state index is 0.407. The molecule has 0 aliphatic heterocycles. The van der Waals surface area contributed by atoms with Crippen LogP contribution in [0.5, 0.6) is 0 Å². The maximum Gasteiger partial charge on any atom is 0.136 e. The zero-order chi connectivity index (χ0) is 32.5. The number of para-hydroxylation sites is 1. The summed E-state index contributed by atoms with van der Waals surface area (Å²) >= 11 is 0. The average Bonchev–Trinajstić information content (AvgIpc) is 3.75. The maximum atomic E-state index is 10.7. The summed E-state index contributed by atoms with van der Waals surface area (Å²) in [7, 11) is 0. The quantitative estimate of drug-likeness (QED) is 0.187. The molecule has 0 saturated carbocycles. The van der Waals surface area contributed by atoms with Gasteiger partial charge in [0.2, 0.25) is 0 Å². The molecule has 6 aromatic carbocycles. The van der Waals surface area contributed by atoms with Crippen LogP contribution < -0.4 is 0 Å². The van der Waals surface area contributed by atoms with Crippen LogP contribution in [0.4, 0.5) is 0 Å². The minimum Gasteiger partial charge on any atom is -0.456 e. The van der Waals surface area contributed by atoms with E-state index in [4.69, 9.17) is 10.8 Å². The van der Waals surface area contributed by atoms with Gasteiger partial charge in [-0.05, 0) is 90.0 Å². The average molecular weight is 611 g/mol. The number of rotatable bonds is 3.